The molecule has 10 aliphatic rings. The van der Waals surface area contributed by atoms with Gasteiger partial charge in [0.05, 0.1) is 93.9 Å². The number of fused-ring (bicyclic) bond motifs is 2. The van der Waals surface area contributed by atoms with Crippen molar-refractivity contribution in [2.75, 3.05) is 40.6 Å². The number of rotatable bonds is 24. The number of hydrogen-bond donors (Lipinski definition) is 16. The zero-order valence-electron chi connectivity index (χ0n) is 56.0. The van der Waals surface area contributed by atoms with Gasteiger partial charge in [-0.15, -0.1) is 13.2 Å². The summed E-state index contributed by atoms with van der Waals surface area (Å²) in [5.74, 6) is -15.1. The van der Waals surface area contributed by atoms with Gasteiger partial charge in [-0.2, -0.15) is 0 Å². The molecular weight excluding hydrogens is 1380 g/mol. The second-order valence-electron chi connectivity index (χ2n) is 26.8. The van der Waals surface area contributed by atoms with Crippen LogP contribution in [0.4, 0.5) is 0 Å². The van der Waals surface area contributed by atoms with Gasteiger partial charge in [-0.25, -0.2) is 19.2 Å². The van der Waals surface area contributed by atoms with Gasteiger partial charge in [0, 0.05) is 53.3 Å². The van der Waals surface area contributed by atoms with Crippen LogP contribution in [-0.2, 0) is 99.8 Å². The van der Waals surface area contributed by atoms with Crippen molar-refractivity contribution in [2.24, 2.45) is 59.2 Å². The predicted octanol–water partition coefficient (Wildman–Crippen LogP) is -6.72. The van der Waals surface area contributed by atoms with Crippen molar-refractivity contribution in [3.63, 3.8) is 0 Å². The Balaban J connectivity index is 0.986. The van der Waals surface area contributed by atoms with Crippen LogP contribution >= 0.6 is 0 Å². The van der Waals surface area contributed by atoms with Gasteiger partial charge in [0.1, 0.15) is 116 Å². The fourth-order valence-corrected chi connectivity index (χ4v) is 15.2. The maximum Gasteiger partial charge on any atom is 0.338 e. The number of aliphatic hydroxyl groups is 16. The van der Waals surface area contributed by atoms with E-state index >= 15 is 9.59 Å². The Hall–Kier alpha value is -6.03. The van der Waals surface area contributed by atoms with Crippen molar-refractivity contribution in [3.05, 3.63) is 84.3 Å². The molecule has 10 rings (SSSR count). The number of hydrogen-bond acceptors (Lipinski definition) is 37. The summed E-state index contributed by atoms with van der Waals surface area (Å²) in [5, 5.41) is 169. The van der Waals surface area contributed by atoms with E-state index in [9.17, 15) is 96.1 Å². The molecule has 8 aliphatic heterocycles. The zero-order valence-corrected chi connectivity index (χ0v) is 56.0. The molecule has 0 aromatic rings. The van der Waals surface area contributed by atoms with E-state index in [-0.39, 0.29) is 35.1 Å². The number of methoxy groups -OCH3 is 2. The Morgan fingerprint density at radius 3 is 1.10 bits per heavy atom. The topological polar surface area (TPSA) is 557 Å². The highest BCUT2D eigenvalue weighted by atomic mass is 16.8. The van der Waals surface area contributed by atoms with Crippen molar-refractivity contribution in [1.82, 2.24) is 0 Å². The number of aldehydes is 1. The third-order valence-electron chi connectivity index (χ3n) is 21.2. The average molecular weight is 1480 g/mol. The maximum absolute atomic E-state index is 15.3. The van der Waals surface area contributed by atoms with Crippen LogP contribution in [0.2, 0.25) is 0 Å². The molecule has 0 spiro atoms. The molecule has 103 heavy (non-hydrogen) atoms. The highest BCUT2D eigenvalue weighted by molar-refractivity contribution is 5.93. The highest BCUT2D eigenvalue weighted by Crippen LogP contribution is 2.52. The standard InChI is InChI=1S/C66H90O37/c1-7-25-27(30(18-90-59(25)100-63-51(80)47(76)43(72)36(14-68)96-63)57(86)94-34-11-28-31(55(84)88-5)19-92-61(40(28)22(34)3)102-65-53(82)49(78)45(74)38(16-70)98-65)10-9-24(13-67)42-26(8-2)60(101-64-52(81)48(77)44(73)37(15-69)97-64)91-21-33(42)58(87)95-35-12-29-32(56(85)89-6)20-93-62(41(29)23(35)4)103-66-54(83)50(79)46(75)39(17-71)99-66/h7-9,13,18-23,25-29,34-54,59-66,68-83H,1-2,10-12,14-17H2,3-6H3/b24-9-/t22-,23+,25-,26-,27-,28-,29-,34?,35?,36-,37-,38-,39-,40-,41+,42+,43-,44-,45-,46-,47-,48-,49-,50-,51+,52+,53+,54+,59-,60-,61?,62+,63+,64+,65+,66+/m0/s1. The van der Waals surface area contributed by atoms with Gasteiger partial charge in [-0.05, 0) is 24.8 Å². The van der Waals surface area contributed by atoms with Gasteiger partial charge >= 0.3 is 23.9 Å². The molecule has 4 saturated heterocycles. The minimum Gasteiger partial charge on any atom is -0.472 e. The van der Waals surface area contributed by atoms with E-state index in [1.54, 1.807) is 13.8 Å². The summed E-state index contributed by atoms with van der Waals surface area (Å²) in [6.45, 7) is 7.78. The number of carbonyl (C=O) groups is 5. The molecule has 16 N–H and O–H groups in total. The summed E-state index contributed by atoms with van der Waals surface area (Å²) in [5.41, 5.74) is -1.13. The first kappa shape index (κ1) is 79.5. The van der Waals surface area contributed by atoms with Gasteiger partial charge in [0.15, 0.2) is 25.2 Å². The molecule has 0 bridgehead atoms. The quantitative estimate of drug-likeness (QED) is 0.0140. The number of aliphatic hydroxyl groups excluding tert-OH is 16. The van der Waals surface area contributed by atoms with Crippen LogP contribution in [0.15, 0.2) is 84.3 Å². The first-order chi connectivity index (χ1) is 49.1. The summed E-state index contributed by atoms with van der Waals surface area (Å²) in [4.78, 5) is 71.3. The third kappa shape index (κ3) is 15.6. The average Bonchev–Trinajstić information content (AvgIpc) is 1.67. The minimum absolute atomic E-state index is 0.0243. The molecule has 6 fully saturated rings. The fourth-order valence-electron chi connectivity index (χ4n) is 15.2. The molecule has 36 atom stereocenters. The number of esters is 4. The maximum atomic E-state index is 15.3. The second kappa shape index (κ2) is 33.8. The van der Waals surface area contributed by atoms with E-state index in [1.165, 1.54) is 18.2 Å². The molecule has 0 aromatic carbocycles. The largest absolute Gasteiger partial charge is 0.472 e. The van der Waals surface area contributed by atoms with Crippen LogP contribution < -0.4 is 0 Å². The SMILES string of the molecule is C=C[C@@H]1[C@H](O[C@H]2O[C@@H](CO)[C@H](O)[C@H](O)[C@H]2O)OC=C(C(=O)OC2C[C@H]3C(C(=O)OC)=COC(O[C@H]4O[C@@H](CO)[C@H](O)[C@H](O)[C@H]4O)[C@H]3[C@H]2C)[C@H]1C/C=C(/C=O)[C@H]1C(C(=O)OC2C[C@H]3C(C(=O)OC)=CO[C@H](O[C@H]4O[C@@H](CO)[C@H](O)[C@H](O)[C@H]4O)[C@@H]3[C@@H]2C)=CO[C@@H](O[C@H]2O[C@@H](CO)[C@H](O)[C@H](O)[C@H]2O)[C@H]1C=C. The first-order valence-corrected chi connectivity index (χ1v) is 33.4. The van der Waals surface area contributed by atoms with Crippen LogP contribution in [0.25, 0.3) is 0 Å². The molecule has 0 amide bonds. The Morgan fingerprint density at radius 2 is 0.757 bits per heavy atom. The molecule has 0 aromatic heterocycles. The highest BCUT2D eigenvalue weighted by Gasteiger charge is 2.59. The van der Waals surface area contributed by atoms with Crippen LogP contribution in [0.3, 0.4) is 0 Å². The monoisotopic (exact) mass is 1470 g/mol. The molecule has 3 unspecified atom stereocenters. The van der Waals surface area contributed by atoms with E-state index in [2.05, 4.69) is 13.2 Å². The lowest BCUT2D eigenvalue weighted by atomic mass is 9.76. The smallest absolute Gasteiger partial charge is 0.338 e. The number of carbonyl (C=O) groups excluding carboxylic acids is 5. The van der Waals surface area contributed by atoms with Gasteiger partial charge < -0.3 is 157 Å². The normalized spacial score (nSPS) is 45.3. The third-order valence-corrected chi connectivity index (χ3v) is 21.2. The van der Waals surface area contributed by atoms with Crippen LogP contribution in [0.1, 0.15) is 33.1 Å². The molecule has 2 saturated carbocycles. The van der Waals surface area contributed by atoms with Crippen molar-refractivity contribution < 1.29 is 181 Å². The van der Waals surface area contributed by atoms with Gasteiger partial charge in [0.2, 0.25) is 25.2 Å². The molecule has 576 valence electrons. The fraction of sp³-hybridized carbons (Fsp3) is 0.712. The van der Waals surface area contributed by atoms with E-state index in [1.807, 2.05) is 0 Å². The number of ether oxygens (including phenoxy) is 16. The van der Waals surface area contributed by atoms with Crippen molar-refractivity contribution >= 4 is 30.2 Å². The zero-order chi connectivity index (χ0) is 74.9. The van der Waals surface area contributed by atoms with Crippen molar-refractivity contribution in [1.29, 1.82) is 0 Å². The molecule has 37 heteroatoms. The van der Waals surface area contributed by atoms with Crippen LogP contribution in [0, 0.1) is 59.2 Å². The van der Waals surface area contributed by atoms with E-state index in [0.29, 0.717) is 6.29 Å². The van der Waals surface area contributed by atoms with Crippen LogP contribution in [0.5, 0.6) is 0 Å². The second-order valence-corrected chi connectivity index (χ2v) is 26.8. The number of allylic oxidation sites excluding steroid dienone is 2. The van der Waals surface area contributed by atoms with Gasteiger partial charge in [0.25, 0.3) is 0 Å². The van der Waals surface area contributed by atoms with Crippen molar-refractivity contribution in [2.45, 2.75) is 193 Å². The summed E-state index contributed by atoms with van der Waals surface area (Å²) in [6.07, 6.45) is -37.1. The summed E-state index contributed by atoms with van der Waals surface area (Å²) in [6, 6.07) is 0. The molecule has 37 nitrogen and oxygen atoms in total. The Morgan fingerprint density at radius 1 is 0.437 bits per heavy atom. The Labute approximate surface area is 587 Å². The van der Waals surface area contributed by atoms with E-state index in [4.69, 9.17) is 75.8 Å². The molecular formula is C66H90O37. The lowest BCUT2D eigenvalue weighted by Gasteiger charge is -2.43. The lowest BCUT2D eigenvalue weighted by Crippen LogP contribution is -2.60. The Kier molecular flexibility index (Phi) is 26.1. The van der Waals surface area contributed by atoms with Crippen LogP contribution in [-0.4, -0.2) is 313 Å². The Bertz CT molecular complexity index is 3170. The minimum atomic E-state index is -2.02. The summed E-state index contributed by atoms with van der Waals surface area (Å²) < 4.78 is 93.4. The molecule has 0 radical (unpaired) electrons. The molecule has 8 heterocycles. The predicted molar refractivity (Wildman–Crippen MR) is 330 cm³/mol. The van der Waals surface area contributed by atoms with Crippen molar-refractivity contribution in [3.8, 4) is 0 Å². The summed E-state index contributed by atoms with van der Waals surface area (Å²) in [7, 11) is 2.22. The van der Waals surface area contributed by atoms with E-state index < -0.39 is 282 Å². The summed E-state index contributed by atoms with van der Waals surface area (Å²) >= 11 is 0. The van der Waals surface area contributed by atoms with E-state index in [0.717, 1.165) is 39.3 Å². The first-order valence-electron chi connectivity index (χ1n) is 33.4. The van der Waals surface area contributed by atoms with Gasteiger partial charge in [-0.1, -0.05) is 32.1 Å². The molecule has 2 aliphatic carbocycles. The van der Waals surface area contributed by atoms with Gasteiger partial charge in [-0.3, -0.25) is 4.79 Å². The lowest BCUT2D eigenvalue weighted by molar-refractivity contribution is -0.342.